The van der Waals surface area contributed by atoms with Crippen molar-refractivity contribution < 1.29 is 4.79 Å². The Bertz CT molecular complexity index is 465. The van der Waals surface area contributed by atoms with Crippen LogP contribution in [-0.4, -0.2) is 22.9 Å². The Labute approximate surface area is 127 Å². The molecule has 0 saturated carbocycles. The summed E-state index contributed by atoms with van der Waals surface area (Å²) >= 11 is 8.11. The van der Waals surface area contributed by atoms with Crippen molar-refractivity contribution in [2.75, 3.05) is 6.54 Å². The van der Waals surface area contributed by atoms with Crippen LogP contribution in [0.15, 0.2) is 30.9 Å². The Morgan fingerprint density at radius 1 is 1.50 bits per heavy atom. The summed E-state index contributed by atoms with van der Waals surface area (Å²) < 4.78 is 0.903. The van der Waals surface area contributed by atoms with Gasteiger partial charge in [0, 0.05) is 20.7 Å². The zero-order chi connectivity index (χ0) is 13.9. The zero-order valence-electron chi connectivity index (χ0n) is 10.8. The summed E-state index contributed by atoms with van der Waals surface area (Å²) in [5.74, 6) is -0.0192. The molecule has 4 heteroatoms. The van der Waals surface area contributed by atoms with Gasteiger partial charge in [-0.2, -0.15) is 0 Å². The monoisotopic (exact) mass is 377 g/mol. The van der Waals surface area contributed by atoms with Gasteiger partial charge in [0.2, 0.25) is 0 Å². The average molecular weight is 378 g/mol. The smallest absolute Gasteiger partial charge is 0.255 e. The highest BCUT2D eigenvalue weighted by molar-refractivity contribution is 14.1. The second-order valence-corrected chi connectivity index (χ2v) is 6.60. The van der Waals surface area contributed by atoms with Crippen molar-refractivity contribution in [2.45, 2.75) is 26.3 Å². The zero-order valence-corrected chi connectivity index (χ0v) is 13.7. The maximum Gasteiger partial charge on any atom is 0.255 e. The Balaban J connectivity index is 3.17. The molecule has 0 N–H and O–H groups in total. The molecule has 0 spiro atoms. The Morgan fingerprint density at radius 2 is 2.11 bits per heavy atom. The van der Waals surface area contributed by atoms with Crippen molar-refractivity contribution in [2.24, 2.45) is 0 Å². The predicted molar refractivity (Wildman–Crippen MR) is 85.2 cm³/mol. The van der Waals surface area contributed by atoms with E-state index in [4.69, 9.17) is 11.6 Å². The van der Waals surface area contributed by atoms with E-state index in [9.17, 15) is 4.79 Å². The molecule has 0 unspecified atom stereocenters. The summed E-state index contributed by atoms with van der Waals surface area (Å²) in [5, 5.41) is 0.575. The number of halogens is 2. The van der Waals surface area contributed by atoms with Gasteiger partial charge in [-0.15, -0.1) is 6.58 Å². The summed E-state index contributed by atoms with van der Waals surface area (Å²) in [7, 11) is 0. The highest BCUT2D eigenvalue weighted by Crippen LogP contribution is 2.23. The van der Waals surface area contributed by atoms with Gasteiger partial charge in [0.15, 0.2) is 0 Å². The summed E-state index contributed by atoms with van der Waals surface area (Å²) in [6.07, 6.45) is 1.74. The van der Waals surface area contributed by atoms with E-state index in [-0.39, 0.29) is 11.4 Å². The number of hydrogen-bond acceptors (Lipinski definition) is 1. The molecular formula is C14H17ClINO. The highest BCUT2D eigenvalue weighted by atomic mass is 127. The van der Waals surface area contributed by atoms with Crippen molar-refractivity contribution in [3.63, 3.8) is 0 Å². The minimum Gasteiger partial charge on any atom is -0.330 e. The minimum absolute atomic E-state index is 0.0192. The molecule has 2 nitrogen and oxygen atoms in total. The maximum atomic E-state index is 12.6. The molecule has 0 aliphatic heterocycles. The molecule has 0 saturated heterocycles. The number of nitrogens with zero attached hydrogens (tertiary/aromatic N) is 1. The fourth-order valence-electron chi connectivity index (χ4n) is 1.60. The predicted octanol–water partition coefficient (Wildman–Crippen LogP) is 4.37. The lowest BCUT2D eigenvalue weighted by molar-refractivity contribution is 0.0615. The highest BCUT2D eigenvalue weighted by Gasteiger charge is 2.27. The third kappa shape index (κ3) is 3.72. The van der Waals surface area contributed by atoms with E-state index in [1.807, 2.05) is 26.8 Å². The molecule has 1 rings (SSSR count). The van der Waals surface area contributed by atoms with E-state index in [1.54, 1.807) is 23.1 Å². The molecule has 1 aromatic carbocycles. The fourth-order valence-corrected chi connectivity index (χ4v) is 2.34. The van der Waals surface area contributed by atoms with Gasteiger partial charge in [-0.25, -0.2) is 0 Å². The average Bonchev–Trinajstić information content (AvgIpc) is 2.27. The molecule has 0 aliphatic carbocycles. The lowest BCUT2D eigenvalue weighted by Gasteiger charge is -2.35. The molecule has 0 atom stereocenters. The first-order chi connectivity index (χ1) is 8.27. The van der Waals surface area contributed by atoms with Gasteiger partial charge in [-0.05, 0) is 61.6 Å². The van der Waals surface area contributed by atoms with Crippen molar-refractivity contribution in [1.29, 1.82) is 0 Å². The second-order valence-electron chi connectivity index (χ2n) is 5.00. The van der Waals surface area contributed by atoms with Crippen LogP contribution < -0.4 is 0 Å². The Kier molecular flexibility index (Phi) is 5.22. The van der Waals surface area contributed by atoms with E-state index in [0.717, 1.165) is 3.57 Å². The Hall–Kier alpha value is -0.550. The van der Waals surface area contributed by atoms with Gasteiger partial charge in [0.05, 0.1) is 5.56 Å². The molecule has 0 radical (unpaired) electrons. The van der Waals surface area contributed by atoms with E-state index in [0.29, 0.717) is 17.1 Å². The van der Waals surface area contributed by atoms with Crippen molar-refractivity contribution in [3.05, 3.63) is 45.0 Å². The first kappa shape index (κ1) is 15.5. The molecular weight excluding hydrogens is 361 g/mol. The third-order valence-corrected chi connectivity index (χ3v) is 3.70. The van der Waals surface area contributed by atoms with Crippen LogP contribution in [0, 0.1) is 3.57 Å². The van der Waals surface area contributed by atoms with Crippen LogP contribution in [0.3, 0.4) is 0 Å². The van der Waals surface area contributed by atoms with E-state index >= 15 is 0 Å². The minimum atomic E-state index is -0.253. The first-order valence-corrected chi connectivity index (χ1v) is 7.11. The van der Waals surface area contributed by atoms with Gasteiger partial charge in [0.25, 0.3) is 5.91 Å². The lowest BCUT2D eigenvalue weighted by atomic mass is 10.0. The largest absolute Gasteiger partial charge is 0.330 e. The topological polar surface area (TPSA) is 20.3 Å². The number of amides is 1. The molecule has 0 aliphatic rings. The fraction of sp³-hybridized carbons (Fsp3) is 0.357. The van der Waals surface area contributed by atoms with Gasteiger partial charge < -0.3 is 4.90 Å². The molecule has 0 heterocycles. The van der Waals surface area contributed by atoms with Crippen LogP contribution in [0.1, 0.15) is 31.1 Å². The van der Waals surface area contributed by atoms with Crippen LogP contribution >= 0.6 is 34.2 Å². The normalized spacial score (nSPS) is 11.2. The van der Waals surface area contributed by atoms with Gasteiger partial charge in [0.1, 0.15) is 0 Å². The third-order valence-electron chi connectivity index (χ3n) is 2.53. The molecule has 1 amide bonds. The van der Waals surface area contributed by atoms with E-state index in [1.165, 1.54) is 0 Å². The first-order valence-electron chi connectivity index (χ1n) is 5.65. The Morgan fingerprint density at radius 3 is 2.61 bits per heavy atom. The molecule has 0 bridgehead atoms. The molecule has 98 valence electrons. The van der Waals surface area contributed by atoms with Crippen LogP contribution in [-0.2, 0) is 0 Å². The maximum absolute atomic E-state index is 12.6. The summed E-state index contributed by atoms with van der Waals surface area (Å²) in [6.45, 7) is 10.2. The summed E-state index contributed by atoms with van der Waals surface area (Å²) in [5.41, 5.74) is 0.385. The number of carbonyl (C=O) groups excluding carboxylic acids is 1. The van der Waals surface area contributed by atoms with Gasteiger partial charge >= 0.3 is 0 Å². The molecule has 1 aromatic rings. The van der Waals surface area contributed by atoms with Crippen molar-refractivity contribution >= 4 is 40.1 Å². The van der Waals surface area contributed by atoms with Crippen molar-refractivity contribution in [3.8, 4) is 0 Å². The van der Waals surface area contributed by atoms with Crippen LogP contribution in [0.2, 0.25) is 5.02 Å². The summed E-state index contributed by atoms with van der Waals surface area (Å²) in [6, 6.07) is 5.35. The number of benzene rings is 1. The second kappa shape index (κ2) is 6.06. The number of hydrogen-bond donors (Lipinski definition) is 0. The van der Waals surface area contributed by atoms with Crippen LogP contribution in [0.4, 0.5) is 0 Å². The quantitative estimate of drug-likeness (QED) is 0.566. The van der Waals surface area contributed by atoms with Crippen molar-refractivity contribution in [1.82, 2.24) is 4.90 Å². The van der Waals surface area contributed by atoms with Crippen LogP contribution in [0.5, 0.6) is 0 Å². The summed E-state index contributed by atoms with van der Waals surface area (Å²) in [4.78, 5) is 14.4. The standard InChI is InChI=1S/C14H17ClINO/c1-5-8-17(14(2,3)4)13(18)11-9-10(15)6-7-12(11)16/h5-7,9H,1,8H2,2-4H3. The van der Waals surface area contributed by atoms with Crippen LogP contribution in [0.25, 0.3) is 0 Å². The molecule has 0 aromatic heterocycles. The van der Waals surface area contributed by atoms with Gasteiger partial charge in [-0.3, -0.25) is 4.79 Å². The van der Waals surface area contributed by atoms with E-state index < -0.39 is 0 Å². The number of rotatable bonds is 3. The lowest BCUT2D eigenvalue weighted by Crippen LogP contribution is -2.45. The van der Waals surface area contributed by atoms with Gasteiger partial charge in [-0.1, -0.05) is 17.7 Å². The number of carbonyl (C=O) groups is 1. The van der Waals surface area contributed by atoms with E-state index in [2.05, 4.69) is 29.2 Å². The SMILES string of the molecule is C=CCN(C(=O)c1cc(Cl)ccc1I)C(C)(C)C. The molecule has 18 heavy (non-hydrogen) atoms. The molecule has 0 fully saturated rings.